The maximum absolute atomic E-state index is 14.3. The number of hydrogen-bond donors (Lipinski definition) is 1. The number of nitrogens with zero attached hydrogens (tertiary/aromatic N) is 4. The molecule has 13 heteroatoms. The molecule has 1 N–H and O–H groups in total. The standard InChI is InChI=1S/C31H33ClFN5O5S/c1-19(18-43-2)38-29(40)24(23-5-4-6-25(33)28(23)32)16-36(31(38)42)17-27(39)35-12-10-21(11-13-35)37-14-9-20-15-22(44-3)7-8-26(20)34-30(37)41/h4-9,14-16,19,21H,10-13,17-18H2,1-3H3,(H,34,41)/t19-/m0/s1. The summed E-state index contributed by atoms with van der Waals surface area (Å²) >= 11 is 7.83. The number of thioether (sulfide) groups is 1. The highest BCUT2D eigenvalue weighted by Gasteiger charge is 2.30. The first-order valence-electron chi connectivity index (χ1n) is 14.2. The van der Waals surface area contributed by atoms with Crippen LogP contribution in [0.5, 0.6) is 0 Å². The van der Waals surface area contributed by atoms with Gasteiger partial charge < -0.3 is 15.0 Å². The van der Waals surface area contributed by atoms with E-state index in [4.69, 9.17) is 16.3 Å². The average molecular weight is 642 g/mol. The maximum atomic E-state index is 14.3. The number of rotatable bonds is 8. The summed E-state index contributed by atoms with van der Waals surface area (Å²) in [6.45, 7) is 2.14. The molecule has 44 heavy (non-hydrogen) atoms. The number of urea groups is 1. The number of nitrogens with one attached hydrogen (secondary N) is 1. The van der Waals surface area contributed by atoms with Crippen LogP contribution in [0.15, 0.2) is 63.3 Å². The molecule has 2 aliphatic rings. The second-order valence-corrected chi connectivity index (χ2v) is 12.0. The van der Waals surface area contributed by atoms with Gasteiger partial charge in [-0.15, -0.1) is 11.8 Å². The Kier molecular flexibility index (Phi) is 9.62. The molecule has 2 aliphatic heterocycles. The van der Waals surface area contributed by atoms with Crippen molar-refractivity contribution in [3.05, 3.63) is 86.0 Å². The Morgan fingerprint density at radius 1 is 1.16 bits per heavy atom. The van der Waals surface area contributed by atoms with Crippen LogP contribution < -0.4 is 16.6 Å². The number of piperidine rings is 1. The zero-order chi connectivity index (χ0) is 31.5. The third-order valence-corrected chi connectivity index (χ3v) is 9.05. The van der Waals surface area contributed by atoms with E-state index < -0.39 is 23.1 Å². The zero-order valence-corrected chi connectivity index (χ0v) is 26.2. The second-order valence-electron chi connectivity index (χ2n) is 10.8. The molecule has 3 aromatic rings. The molecule has 3 amide bonds. The molecule has 2 aromatic carbocycles. The second kappa shape index (κ2) is 13.4. The van der Waals surface area contributed by atoms with Crippen LogP contribution in [0.25, 0.3) is 17.2 Å². The minimum absolute atomic E-state index is 0.00632. The number of hydrogen-bond acceptors (Lipinski definition) is 6. The number of likely N-dealkylation sites (tertiary alicyclic amines) is 1. The van der Waals surface area contributed by atoms with Gasteiger partial charge in [-0.25, -0.2) is 14.0 Å². The number of amides is 3. The molecule has 1 saturated heterocycles. The van der Waals surface area contributed by atoms with Gasteiger partial charge in [-0.3, -0.25) is 23.6 Å². The van der Waals surface area contributed by atoms with Crippen molar-refractivity contribution >= 4 is 47.1 Å². The molecule has 3 heterocycles. The highest BCUT2D eigenvalue weighted by atomic mass is 35.5. The van der Waals surface area contributed by atoms with E-state index in [1.807, 2.05) is 30.5 Å². The Hall–Kier alpha value is -3.87. The molecule has 1 fully saturated rings. The van der Waals surface area contributed by atoms with Crippen LogP contribution >= 0.6 is 23.4 Å². The van der Waals surface area contributed by atoms with Crippen LogP contribution in [-0.4, -0.2) is 70.0 Å². The summed E-state index contributed by atoms with van der Waals surface area (Å²) in [5, 5.41) is 2.72. The number of carbonyl (C=O) groups is 2. The van der Waals surface area contributed by atoms with Gasteiger partial charge in [0.25, 0.3) is 5.56 Å². The Bertz CT molecular complexity index is 1730. The first kappa shape index (κ1) is 31.6. The number of carbonyl (C=O) groups excluding carboxylic acids is 2. The molecule has 0 aliphatic carbocycles. The Labute approximate surface area is 263 Å². The van der Waals surface area contributed by atoms with Crippen molar-refractivity contribution in [2.24, 2.45) is 0 Å². The van der Waals surface area contributed by atoms with E-state index in [2.05, 4.69) is 5.32 Å². The fourth-order valence-electron chi connectivity index (χ4n) is 5.59. The number of benzene rings is 2. The van der Waals surface area contributed by atoms with E-state index in [-0.39, 0.29) is 47.3 Å². The number of methoxy groups -OCH3 is 1. The van der Waals surface area contributed by atoms with E-state index in [1.54, 1.807) is 34.7 Å². The Morgan fingerprint density at radius 3 is 2.61 bits per heavy atom. The molecule has 232 valence electrons. The predicted octanol–water partition coefficient (Wildman–Crippen LogP) is 4.91. The summed E-state index contributed by atoms with van der Waals surface area (Å²) < 4.78 is 21.6. The molecule has 0 saturated carbocycles. The number of aromatic nitrogens is 2. The van der Waals surface area contributed by atoms with Gasteiger partial charge in [0.05, 0.1) is 23.2 Å². The van der Waals surface area contributed by atoms with Crippen molar-refractivity contribution in [1.82, 2.24) is 18.9 Å². The lowest BCUT2D eigenvalue weighted by Gasteiger charge is -2.36. The first-order valence-corrected chi connectivity index (χ1v) is 15.8. The van der Waals surface area contributed by atoms with Crippen LogP contribution in [0.3, 0.4) is 0 Å². The van der Waals surface area contributed by atoms with E-state index in [1.165, 1.54) is 31.5 Å². The molecule has 1 atom stereocenters. The minimum Gasteiger partial charge on any atom is -0.383 e. The van der Waals surface area contributed by atoms with Gasteiger partial charge in [0.1, 0.15) is 12.4 Å². The minimum atomic E-state index is -0.710. The summed E-state index contributed by atoms with van der Waals surface area (Å²) in [5.41, 5.74) is 0.429. The van der Waals surface area contributed by atoms with Crippen LogP contribution in [-0.2, 0) is 16.1 Å². The van der Waals surface area contributed by atoms with Crippen LogP contribution in [0.2, 0.25) is 5.02 Å². The topological polar surface area (TPSA) is 106 Å². The summed E-state index contributed by atoms with van der Waals surface area (Å²) in [7, 11) is 1.45. The molecular weight excluding hydrogens is 609 g/mol. The molecule has 10 nitrogen and oxygen atoms in total. The van der Waals surface area contributed by atoms with E-state index >= 15 is 0 Å². The van der Waals surface area contributed by atoms with Crippen LogP contribution in [0, 0.1) is 5.82 Å². The van der Waals surface area contributed by atoms with Gasteiger partial charge in [-0.1, -0.05) is 23.7 Å². The molecule has 0 bridgehead atoms. The van der Waals surface area contributed by atoms with Gasteiger partial charge in [0.15, 0.2) is 0 Å². The molecular formula is C31H33ClFN5O5S. The van der Waals surface area contributed by atoms with Crippen molar-refractivity contribution < 1.29 is 18.7 Å². The van der Waals surface area contributed by atoms with Gasteiger partial charge in [-0.2, -0.15) is 0 Å². The SMILES string of the molecule is COC[C@H](C)n1c(=O)c(-c2cccc(F)c2Cl)cn(CC(=O)N2CCC(N3C=Cc4cc(SC)ccc4NC3=O)CC2)c1=O. The number of halogens is 2. The van der Waals surface area contributed by atoms with Crippen molar-refractivity contribution in [1.29, 1.82) is 0 Å². The quantitative estimate of drug-likeness (QED) is 0.351. The van der Waals surface area contributed by atoms with Gasteiger partial charge in [-0.05, 0) is 56.4 Å². The van der Waals surface area contributed by atoms with E-state index in [0.717, 1.165) is 25.3 Å². The maximum Gasteiger partial charge on any atom is 0.331 e. The summed E-state index contributed by atoms with van der Waals surface area (Å²) in [5.74, 6) is -1.03. The molecule has 1 aromatic heterocycles. The number of anilines is 1. The lowest BCUT2D eigenvalue weighted by Crippen LogP contribution is -2.49. The van der Waals surface area contributed by atoms with Crippen LogP contribution in [0.1, 0.15) is 31.4 Å². The van der Waals surface area contributed by atoms with Crippen molar-refractivity contribution in [2.75, 3.05) is 38.4 Å². The van der Waals surface area contributed by atoms with Crippen molar-refractivity contribution in [3.8, 4) is 11.1 Å². The first-order chi connectivity index (χ1) is 21.1. The van der Waals surface area contributed by atoms with E-state index in [9.17, 15) is 23.6 Å². The number of ether oxygens (including phenoxy) is 1. The molecule has 5 rings (SSSR count). The lowest BCUT2D eigenvalue weighted by molar-refractivity contribution is -0.133. The average Bonchev–Trinajstić information content (AvgIpc) is 3.17. The third-order valence-electron chi connectivity index (χ3n) is 7.94. The van der Waals surface area contributed by atoms with E-state index in [0.29, 0.717) is 25.9 Å². The molecule has 0 unspecified atom stereocenters. The van der Waals surface area contributed by atoms with Gasteiger partial charge >= 0.3 is 11.7 Å². The highest BCUT2D eigenvalue weighted by Crippen LogP contribution is 2.29. The fourth-order valence-corrected chi connectivity index (χ4v) is 6.27. The third kappa shape index (κ3) is 6.33. The largest absolute Gasteiger partial charge is 0.383 e. The highest BCUT2D eigenvalue weighted by molar-refractivity contribution is 7.98. The monoisotopic (exact) mass is 641 g/mol. The lowest BCUT2D eigenvalue weighted by atomic mass is 10.0. The predicted molar refractivity (Wildman–Crippen MR) is 170 cm³/mol. The summed E-state index contributed by atoms with van der Waals surface area (Å²) in [6.07, 6.45) is 8.04. The van der Waals surface area contributed by atoms with Gasteiger partial charge in [0, 0.05) is 60.3 Å². The number of fused-ring (bicyclic) bond motifs is 1. The van der Waals surface area contributed by atoms with Crippen molar-refractivity contribution in [3.63, 3.8) is 0 Å². The Morgan fingerprint density at radius 2 is 1.91 bits per heavy atom. The Balaban J connectivity index is 1.34. The van der Waals surface area contributed by atoms with Gasteiger partial charge in [0.2, 0.25) is 5.91 Å². The smallest absolute Gasteiger partial charge is 0.331 e. The molecule has 0 spiro atoms. The fraction of sp³-hybridized carbons (Fsp3) is 0.355. The molecule has 0 radical (unpaired) electrons. The zero-order valence-electron chi connectivity index (χ0n) is 24.6. The summed E-state index contributed by atoms with van der Waals surface area (Å²) in [6, 6.07) is 8.95. The van der Waals surface area contributed by atoms with Crippen molar-refractivity contribution in [2.45, 2.75) is 43.3 Å². The summed E-state index contributed by atoms with van der Waals surface area (Å²) in [4.78, 5) is 57.8. The normalized spacial score (nSPS) is 16.0. The van der Waals surface area contributed by atoms with Crippen LogP contribution in [0.4, 0.5) is 14.9 Å².